The monoisotopic (exact) mass is 1770 g/mol. The van der Waals surface area contributed by atoms with Crippen molar-refractivity contribution in [3.63, 3.8) is 0 Å². The van der Waals surface area contributed by atoms with E-state index < -0.39 is 7.12 Å². The molecule has 0 bridgehead atoms. The Bertz CT molecular complexity index is 7980. The van der Waals surface area contributed by atoms with Gasteiger partial charge >= 0.3 is 7.12 Å². The van der Waals surface area contributed by atoms with Crippen LogP contribution in [0.15, 0.2) is 510 Å². The number of nitrogens with zero attached hydrogens (tertiary/aromatic N) is 4. The Morgan fingerprint density at radius 3 is 0.754 bits per heavy atom. The molecule has 24 aromatic rings. The van der Waals surface area contributed by atoms with Gasteiger partial charge in [0.05, 0.1) is 22.7 Å². The van der Waals surface area contributed by atoms with Crippen LogP contribution in [0.3, 0.4) is 0 Å². The van der Waals surface area contributed by atoms with Crippen LogP contribution in [0.2, 0.25) is 5.02 Å². The average molecular weight is 1770 g/mol. The normalized spacial score (nSPS) is 11.2. The Kier molecular flexibility index (Phi) is 23.2. The average Bonchev–Trinajstić information content (AvgIpc) is 1.37. The van der Waals surface area contributed by atoms with Gasteiger partial charge < -0.3 is 29.6 Å². The van der Waals surface area contributed by atoms with Crippen molar-refractivity contribution in [2.45, 2.75) is 0 Å². The maximum atomic E-state index is 9.31. The molecule has 0 saturated carbocycles. The van der Waals surface area contributed by atoms with Gasteiger partial charge in [0.1, 0.15) is 0 Å². The summed E-state index contributed by atoms with van der Waals surface area (Å²) in [6, 6.07) is 181. The van der Waals surface area contributed by atoms with Gasteiger partial charge in [-0.2, -0.15) is 0 Å². The summed E-state index contributed by atoms with van der Waals surface area (Å²) in [5, 5.41) is 33.9. The van der Waals surface area contributed by atoms with E-state index in [9.17, 15) is 10.0 Å². The van der Waals surface area contributed by atoms with E-state index in [1.165, 1.54) is 95.6 Å². The van der Waals surface area contributed by atoms with Crippen LogP contribution in [-0.4, -0.2) is 17.2 Å². The van der Waals surface area contributed by atoms with E-state index in [0.29, 0.717) is 10.5 Å². The Hall–Kier alpha value is -16.2. The number of halogens is 1. The number of fused-ring (bicyclic) bond motifs is 10. The van der Waals surface area contributed by atoms with Crippen molar-refractivity contribution in [2.24, 2.45) is 0 Å². The molecule has 0 fully saturated rings. The molecule has 0 saturated heterocycles. The first kappa shape index (κ1) is 83.4. The fourth-order valence-corrected chi connectivity index (χ4v) is 21.5. The Labute approximate surface area is 792 Å². The molecule has 0 aliphatic rings. The van der Waals surface area contributed by atoms with Gasteiger partial charge in [0, 0.05) is 107 Å². The van der Waals surface area contributed by atoms with Crippen molar-refractivity contribution < 1.29 is 10.0 Å². The first-order valence-electron chi connectivity index (χ1n) is 45.1. The molecule has 6 nitrogen and oxygen atoms in total. The standard InChI is InChI=1S/C62H42N2S.C50H35ClN2.C12H9BO2S/c1-3-20-50(21-4-1)63(59-29-13-18-45-16-7-9-24-54(45)59)52-36-32-43(33-37-52)47-40-48(42-49(41-47)56-27-15-28-58-57-26-11-12-31-61(57)65-62(56)58)44-34-38-53(39-35-44)64(51-22-5-2-6-23-51)60-30-14-19-46-17-8-10-25-55(46)60;51-42-34-40(36-25-29-45(30-26-36)52(43-17-3-1-4-18-43)49-23-11-15-38-13-7-9-21-47(38)49)33-41(35-42)37-27-31-46(32-28-37)53(44-19-5-2-6-20-44)50-24-12-16-39-14-8-10-22-48(39)50;14-13(15)10-6-3-5-9-8-4-1-2-7-11(8)16-12(9)10/h1-42H;1-35H;1-7,14-15H. The van der Waals surface area contributed by atoms with Crippen molar-refractivity contribution in [3.8, 4) is 55.6 Å². The Morgan fingerprint density at radius 1 is 0.187 bits per heavy atom. The quantitative estimate of drug-likeness (QED) is 0.0835. The summed E-state index contributed by atoms with van der Waals surface area (Å²) >= 11 is 10.3. The smallest absolute Gasteiger partial charge is 0.423 e. The summed E-state index contributed by atoms with van der Waals surface area (Å²) in [6.45, 7) is 0. The third kappa shape index (κ3) is 16.8. The molecular formula is C124H86BClN4O2S2. The van der Waals surface area contributed by atoms with E-state index in [0.717, 1.165) is 112 Å². The van der Waals surface area contributed by atoms with E-state index in [1.54, 1.807) is 17.4 Å². The highest BCUT2D eigenvalue weighted by Crippen LogP contribution is 2.49. The molecule has 0 spiro atoms. The summed E-state index contributed by atoms with van der Waals surface area (Å²) in [5.41, 5.74) is 25.5. The predicted molar refractivity (Wildman–Crippen MR) is 576 cm³/mol. The second-order valence-electron chi connectivity index (χ2n) is 33.4. The largest absolute Gasteiger partial charge is 0.489 e. The van der Waals surface area contributed by atoms with Crippen LogP contribution in [0.25, 0.3) is 139 Å². The molecule has 24 rings (SSSR count). The molecule has 134 heavy (non-hydrogen) atoms. The number of thiophene rings is 2. The summed E-state index contributed by atoms with van der Waals surface area (Å²) in [6.07, 6.45) is 0. The highest BCUT2D eigenvalue weighted by atomic mass is 35.5. The first-order chi connectivity index (χ1) is 66.2. The van der Waals surface area contributed by atoms with E-state index in [-0.39, 0.29) is 0 Å². The minimum atomic E-state index is -1.41. The van der Waals surface area contributed by atoms with Crippen LogP contribution >= 0.6 is 34.3 Å². The third-order valence-corrected chi connectivity index (χ3v) is 27.9. The summed E-state index contributed by atoms with van der Waals surface area (Å²) in [5.74, 6) is 0. The van der Waals surface area contributed by atoms with Gasteiger partial charge in [-0.05, 0) is 258 Å². The molecule has 2 N–H and O–H groups in total. The second-order valence-corrected chi connectivity index (χ2v) is 35.9. The minimum absolute atomic E-state index is 0.582. The summed E-state index contributed by atoms with van der Waals surface area (Å²) in [7, 11) is -1.41. The van der Waals surface area contributed by atoms with Crippen molar-refractivity contribution in [1.82, 2.24) is 0 Å². The molecule has 2 aromatic heterocycles. The number of benzene rings is 22. The molecule has 22 aromatic carbocycles. The molecule has 2 heterocycles. The molecule has 0 unspecified atom stereocenters. The maximum absolute atomic E-state index is 9.31. The second kappa shape index (κ2) is 37.3. The highest BCUT2D eigenvalue weighted by Gasteiger charge is 2.24. The zero-order valence-electron chi connectivity index (χ0n) is 73.0. The molecule has 636 valence electrons. The fourth-order valence-electron chi connectivity index (χ4n) is 18.8. The first-order valence-corrected chi connectivity index (χ1v) is 47.1. The van der Waals surface area contributed by atoms with E-state index in [1.807, 2.05) is 53.8 Å². The van der Waals surface area contributed by atoms with E-state index in [2.05, 4.69) is 481 Å². The molecular weight excluding hydrogens is 1690 g/mol. The van der Waals surface area contributed by atoms with Gasteiger partial charge in [-0.15, -0.1) is 22.7 Å². The Balaban J connectivity index is 0.000000135. The van der Waals surface area contributed by atoms with Gasteiger partial charge in [-0.1, -0.05) is 351 Å². The zero-order chi connectivity index (χ0) is 89.8. The third-order valence-electron chi connectivity index (χ3n) is 25.2. The predicted octanol–water partition coefficient (Wildman–Crippen LogP) is 35.0. The minimum Gasteiger partial charge on any atom is -0.423 e. The van der Waals surface area contributed by atoms with Crippen molar-refractivity contribution >= 4 is 199 Å². The molecule has 0 aliphatic carbocycles. The topological polar surface area (TPSA) is 53.4 Å². The van der Waals surface area contributed by atoms with Crippen LogP contribution in [-0.2, 0) is 0 Å². The van der Waals surface area contributed by atoms with Gasteiger partial charge in [-0.3, -0.25) is 0 Å². The van der Waals surface area contributed by atoms with Crippen molar-refractivity contribution in [2.75, 3.05) is 19.6 Å². The number of hydrogen-bond acceptors (Lipinski definition) is 8. The lowest BCUT2D eigenvalue weighted by molar-refractivity contribution is 0.426. The van der Waals surface area contributed by atoms with Crippen LogP contribution in [0, 0.1) is 0 Å². The van der Waals surface area contributed by atoms with Crippen molar-refractivity contribution in [1.29, 1.82) is 0 Å². The van der Waals surface area contributed by atoms with Crippen LogP contribution < -0.4 is 25.1 Å². The number of hydrogen-bond donors (Lipinski definition) is 2. The Morgan fingerprint density at radius 2 is 0.425 bits per heavy atom. The lowest BCUT2D eigenvalue weighted by Crippen LogP contribution is -2.29. The van der Waals surface area contributed by atoms with Gasteiger partial charge in [0.2, 0.25) is 0 Å². The SMILES string of the molecule is Clc1cc(-c2ccc(N(c3ccccc3)c3cccc4ccccc34)cc2)cc(-c2ccc(N(c3ccccc3)c3cccc4ccccc34)cc2)c1.OB(O)c1cccc2c1sc1ccccc12.c1ccc(N(c2ccc(-c3cc(-c4ccc(N(c5ccccc5)c5cccc6ccccc56)cc4)cc(-c4cccc5c4sc4ccccc45)c3)cc2)c2cccc3ccccc23)cc1. The molecule has 0 atom stereocenters. The highest BCUT2D eigenvalue weighted by molar-refractivity contribution is 7.27. The van der Waals surface area contributed by atoms with Gasteiger partial charge in [-0.25, -0.2) is 0 Å². The van der Waals surface area contributed by atoms with Crippen LogP contribution in [0.1, 0.15) is 0 Å². The molecule has 0 amide bonds. The van der Waals surface area contributed by atoms with Gasteiger partial charge in [0.15, 0.2) is 0 Å². The molecule has 0 aliphatic heterocycles. The number of para-hydroxylation sites is 4. The maximum Gasteiger partial charge on any atom is 0.489 e. The summed E-state index contributed by atoms with van der Waals surface area (Å²) in [4.78, 5) is 9.39. The van der Waals surface area contributed by atoms with Crippen molar-refractivity contribution in [3.05, 3.63) is 515 Å². The van der Waals surface area contributed by atoms with E-state index in [4.69, 9.17) is 11.6 Å². The fraction of sp³-hybridized carbons (Fsp3) is 0. The number of rotatable bonds is 18. The lowest BCUT2D eigenvalue weighted by Gasteiger charge is -2.27. The lowest BCUT2D eigenvalue weighted by atomic mass is 9.80. The van der Waals surface area contributed by atoms with Crippen LogP contribution in [0.4, 0.5) is 68.2 Å². The molecule has 0 radical (unpaired) electrons. The number of anilines is 12. The molecule has 10 heteroatoms. The zero-order valence-corrected chi connectivity index (χ0v) is 75.3. The summed E-state index contributed by atoms with van der Waals surface area (Å²) < 4.78 is 4.75. The van der Waals surface area contributed by atoms with Gasteiger partial charge in [0.25, 0.3) is 0 Å². The van der Waals surface area contributed by atoms with Crippen LogP contribution in [0.5, 0.6) is 0 Å². The van der Waals surface area contributed by atoms with E-state index >= 15 is 0 Å².